The largest absolute Gasteiger partial charge is 0.411 e. The molecule has 1 rings (SSSR count). The van der Waals surface area contributed by atoms with E-state index in [9.17, 15) is 4.39 Å². The molecule has 0 heterocycles. The molecule has 11 heavy (non-hydrogen) atoms. The van der Waals surface area contributed by atoms with Crippen LogP contribution in [0.2, 0.25) is 0 Å². The zero-order valence-electron chi connectivity index (χ0n) is 5.79. The lowest BCUT2D eigenvalue weighted by Crippen LogP contribution is -1.85. The molecule has 1 radical (unpaired) electrons. The van der Waals surface area contributed by atoms with E-state index in [2.05, 4.69) is 11.4 Å². The van der Waals surface area contributed by atoms with Crippen LogP contribution in [0.5, 0.6) is 0 Å². The summed E-state index contributed by atoms with van der Waals surface area (Å²) in [6, 6.07) is 5.95. The second-order valence-electron chi connectivity index (χ2n) is 2.06. The number of rotatable bonds is 2. The van der Waals surface area contributed by atoms with Crippen molar-refractivity contribution in [2.24, 2.45) is 5.16 Å². The number of hydrogen-bond acceptors (Lipinski definition) is 2. The van der Waals surface area contributed by atoms with Gasteiger partial charge in [0.05, 0.1) is 0 Å². The summed E-state index contributed by atoms with van der Waals surface area (Å²) in [7, 11) is 0. The van der Waals surface area contributed by atoms with Gasteiger partial charge in [-0.1, -0.05) is 17.3 Å². The Morgan fingerprint density at radius 1 is 1.36 bits per heavy atom. The number of hydrogen-bond donors (Lipinski definition) is 1. The second-order valence-corrected chi connectivity index (χ2v) is 2.06. The highest BCUT2D eigenvalue weighted by atomic mass is 19.1. The summed E-state index contributed by atoms with van der Waals surface area (Å²) >= 11 is 0. The molecule has 1 aromatic carbocycles. The normalized spacial score (nSPS) is 10.6. The first-order chi connectivity index (χ1) is 5.33. The monoisotopic (exact) mass is 152 g/mol. The summed E-state index contributed by atoms with van der Waals surface area (Å²) in [5.41, 5.74) is 0.865. The van der Waals surface area contributed by atoms with E-state index >= 15 is 0 Å². The summed E-state index contributed by atoms with van der Waals surface area (Å²) in [5, 5.41) is 10.7. The third-order valence-corrected chi connectivity index (χ3v) is 1.27. The Morgan fingerprint density at radius 3 is 2.55 bits per heavy atom. The Kier molecular flexibility index (Phi) is 2.60. The van der Waals surface area contributed by atoms with Crippen molar-refractivity contribution < 1.29 is 9.60 Å². The van der Waals surface area contributed by atoms with Gasteiger partial charge in [0.1, 0.15) is 12.0 Å². The minimum absolute atomic E-state index is 0.269. The van der Waals surface area contributed by atoms with E-state index in [4.69, 9.17) is 5.21 Å². The van der Waals surface area contributed by atoms with Crippen molar-refractivity contribution in [2.75, 3.05) is 0 Å². The molecule has 0 spiro atoms. The van der Waals surface area contributed by atoms with Gasteiger partial charge in [-0.15, -0.1) is 0 Å². The standard InChI is InChI=1S/C8H7FNO/c9-8-3-1-7(2-4-8)5-6-10-11/h1-4,11H,5H2. The maximum absolute atomic E-state index is 12.3. The van der Waals surface area contributed by atoms with Crippen molar-refractivity contribution in [3.63, 3.8) is 0 Å². The molecule has 0 bridgehead atoms. The Morgan fingerprint density at radius 2 is 2.00 bits per heavy atom. The third-order valence-electron chi connectivity index (χ3n) is 1.27. The highest BCUT2D eigenvalue weighted by molar-refractivity contribution is 5.60. The van der Waals surface area contributed by atoms with Crippen molar-refractivity contribution in [1.82, 2.24) is 0 Å². The number of nitrogens with zero attached hydrogens (tertiary/aromatic N) is 1. The van der Waals surface area contributed by atoms with Gasteiger partial charge in [-0.2, -0.15) is 0 Å². The predicted octanol–water partition coefficient (Wildman–Crippen LogP) is 1.71. The average molecular weight is 152 g/mol. The molecule has 0 unspecified atom stereocenters. The van der Waals surface area contributed by atoms with Crippen LogP contribution in [0.15, 0.2) is 29.4 Å². The smallest absolute Gasteiger partial charge is 0.123 e. The fourth-order valence-corrected chi connectivity index (χ4v) is 0.729. The van der Waals surface area contributed by atoms with Gasteiger partial charge < -0.3 is 5.21 Å². The maximum Gasteiger partial charge on any atom is 0.123 e. The van der Waals surface area contributed by atoms with Crippen LogP contribution in [-0.2, 0) is 6.42 Å². The van der Waals surface area contributed by atoms with Crippen LogP contribution in [0.25, 0.3) is 0 Å². The van der Waals surface area contributed by atoms with E-state index in [-0.39, 0.29) is 5.82 Å². The molecule has 1 N–H and O–H groups in total. The van der Waals surface area contributed by atoms with Gasteiger partial charge >= 0.3 is 0 Å². The lowest BCUT2D eigenvalue weighted by atomic mass is 10.2. The molecule has 0 saturated heterocycles. The quantitative estimate of drug-likeness (QED) is 0.390. The van der Waals surface area contributed by atoms with Crippen LogP contribution in [0.4, 0.5) is 4.39 Å². The van der Waals surface area contributed by atoms with Crippen LogP contribution in [-0.4, -0.2) is 11.4 Å². The molecule has 0 aliphatic heterocycles. The van der Waals surface area contributed by atoms with E-state index in [1.807, 2.05) is 0 Å². The minimum atomic E-state index is -0.269. The molecule has 57 valence electrons. The fourth-order valence-electron chi connectivity index (χ4n) is 0.729. The molecular formula is C8H7FNO. The first-order valence-corrected chi connectivity index (χ1v) is 3.14. The first-order valence-electron chi connectivity index (χ1n) is 3.14. The molecule has 3 heteroatoms. The van der Waals surface area contributed by atoms with E-state index in [1.165, 1.54) is 12.1 Å². The Bertz CT molecular complexity index is 243. The van der Waals surface area contributed by atoms with Crippen LogP contribution in [0, 0.1) is 5.82 Å². The molecule has 0 amide bonds. The van der Waals surface area contributed by atoms with Gasteiger partial charge in [0.15, 0.2) is 0 Å². The van der Waals surface area contributed by atoms with Gasteiger partial charge in [-0.05, 0) is 17.7 Å². The maximum atomic E-state index is 12.3. The van der Waals surface area contributed by atoms with Crippen molar-refractivity contribution in [1.29, 1.82) is 0 Å². The van der Waals surface area contributed by atoms with E-state index in [0.717, 1.165) is 5.56 Å². The minimum Gasteiger partial charge on any atom is -0.411 e. The van der Waals surface area contributed by atoms with Gasteiger partial charge in [0.2, 0.25) is 0 Å². The van der Waals surface area contributed by atoms with Gasteiger partial charge in [-0.25, -0.2) is 4.39 Å². The molecule has 0 aromatic heterocycles. The van der Waals surface area contributed by atoms with Crippen LogP contribution in [0.1, 0.15) is 5.56 Å². The van der Waals surface area contributed by atoms with Gasteiger partial charge in [-0.3, -0.25) is 0 Å². The Balaban J connectivity index is 2.66. The first kappa shape index (κ1) is 7.72. The summed E-state index contributed by atoms with van der Waals surface area (Å²) < 4.78 is 12.3. The SMILES string of the molecule is ON=[C]Cc1ccc(F)cc1. The van der Waals surface area contributed by atoms with Crippen molar-refractivity contribution in [3.05, 3.63) is 35.6 Å². The van der Waals surface area contributed by atoms with Crippen molar-refractivity contribution >= 4 is 6.21 Å². The van der Waals surface area contributed by atoms with E-state index < -0.39 is 0 Å². The van der Waals surface area contributed by atoms with Gasteiger partial charge in [0.25, 0.3) is 0 Å². The zero-order chi connectivity index (χ0) is 8.10. The molecule has 0 atom stereocenters. The van der Waals surface area contributed by atoms with Crippen LogP contribution < -0.4 is 0 Å². The number of halogens is 1. The molecule has 2 nitrogen and oxygen atoms in total. The second kappa shape index (κ2) is 3.71. The topological polar surface area (TPSA) is 32.6 Å². The molecular weight excluding hydrogens is 145 g/mol. The number of benzene rings is 1. The highest BCUT2D eigenvalue weighted by Crippen LogP contribution is 2.01. The predicted molar refractivity (Wildman–Crippen MR) is 39.3 cm³/mol. The Hall–Kier alpha value is -1.38. The lowest BCUT2D eigenvalue weighted by Gasteiger charge is -1.92. The molecule has 0 aliphatic rings. The van der Waals surface area contributed by atoms with Crippen molar-refractivity contribution in [2.45, 2.75) is 6.42 Å². The van der Waals surface area contributed by atoms with Crippen LogP contribution >= 0.6 is 0 Å². The lowest BCUT2D eigenvalue weighted by molar-refractivity contribution is 0.321. The van der Waals surface area contributed by atoms with Gasteiger partial charge in [0, 0.05) is 6.42 Å². The van der Waals surface area contributed by atoms with E-state index in [0.29, 0.717) is 6.42 Å². The molecule has 1 aromatic rings. The summed E-state index contributed by atoms with van der Waals surface area (Å²) in [6.07, 6.45) is 2.74. The molecule has 0 aliphatic carbocycles. The zero-order valence-corrected chi connectivity index (χ0v) is 5.79. The van der Waals surface area contributed by atoms with Crippen molar-refractivity contribution in [3.8, 4) is 0 Å². The highest BCUT2D eigenvalue weighted by Gasteiger charge is 1.90. The molecule has 0 fully saturated rings. The summed E-state index contributed by atoms with van der Waals surface area (Å²) in [4.78, 5) is 0. The third kappa shape index (κ3) is 2.37. The summed E-state index contributed by atoms with van der Waals surface area (Å²) in [6.45, 7) is 0. The van der Waals surface area contributed by atoms with Crippen LogP contribution in [0.3, 0.4) is 0 Å². The molecule has 0 saturated carbocycles. The van der Waals surface area contributed by atoms with E-state index in [1.54, 1.807) is 12.1 Å². The Labute approximate surface area is 64.0 Å². The summed E-state index contributed by atoms with van der Waals surface area (Å²) in [5.74, 6) is -0.269. The average Bonchev–Trinajstić information content (AvgIpc) is 2.04. The fraction of sp³-hybridized carbons (Fsp3) is 0.125.